The standard InChI is InChI=1S/C13H22N2/c1-11(2)13-6-3-5-12(9-13)10-15-8-4-7-14-15/h4,7-8,11-13H,3,5-6,9-10H2,1-2H3. The third kappa shape index (κ3) is 2.83. The first-order chi connectivity index (χ1) is 7.25. The Morgan fingerprint density at radius 3 is 2.93 bits per heavy atom. The van der Waals surface area contributed by atoms with E-state index in [2.05, 4.69) is 29.8 Å². The van der Waals surface area contributed by atoms with Crippen LogP contribution in [0.2, 0.25) is 0 Å². The molecule has 2 atom stereocenters. The molecule has 1 fully saturated rings. The van der Waals surface area contributed by atoms with Crippen molar-refractivity contribution in [3.8, 4) is 0 Å². The van der Waals surface area contributed by atoms with E-state index in [1.54, 1.807) is 0 Å². The summed E-state index contributed by atoms with van der Waals surface area (Å²) in [5.74, 6) is 2.65. The number of hydrogen-bond donors (Lipinski definition) is 0. The van der Waals surface area contributed by atoms with Crippen molar-refractivity contribution in [2.75, 3.05) is 0 Å². The maximum atomic E-state index is 4.30. The van der Waals surface area contributed by atoms with E-state index >= 15 is 0 Å². The third-order valence-electron chi connectivity index (χ3n) is 3.77. The van der Waals surface area contributed by atoms with Gasteiger partial charge in [0.2, 0.25) is 0 Å². The highest BCUT2D eigenvalue weighted by atomic mass is 15.3. The van der Waals surface area contributed by atoms with Gasteiger partial charge < -0.3 is 0 Å². The van der Waals surface area contributed by atoms with Crippen LogP contribution in [0.4, 0.5) is 0 Å². The Kier molecular flexibility index (Phi) is 3.45. The smallest absolute Gasteiger partial charge is 0.0489 e. The van der Waals surface area contributed by atoms with Crippen LogP contribution in [0.3, 0.4) is 0 Å². The lowest BCUT2D eigenvalue weighted by molar-refractivity contribution is 0.195. The molecule has 1 aliphatic rings. The molecule has 0 saturated heterocycles. The first kappa shape index (κ1) is 10.7. The highest BCUT2D eigenvalue weighted by molar-refractivity contribution is 4.80. The molecule has 15 heavy (non-hydrogen) atoms. The summed E-state index contributed by atoms with van der Waals surface area (Å²) in [4.78, 5) is 0. The van der Waals surface area contributed by atoms with Crippen molar-refractivity contribution in [3.63, 3.8) is 0 Å². The van der Waals surface area contributed by atoms with Gasteiger partial charge >= 0.3 is 0 Å². The van der Waals surface area contributed by atoms with Crippen molar-refractivity contribution in [1.82, 2.24) is 9.78 Å². The van der Waals surface area contributed by atoms with Gasteiger partial charge in [0, 0.05) is 18.9 Å². The molecule has 2 heteroatoms. The summed E-state index contributed by atoms with van der Waals surface area (Å²) >= 11 is 0. The Bertz CT molecular complexity index is 277. The van der Waals surface area contributed by atoms with E-state index in [4.69, 9.17) is 0 Å². The third-order valence-corrected chi connectivity index (χ3v) is 3.77. The van der Waals surface area contributed by atoms with Gasteiger partial charge in [-0.2, -0.15) is 5.10 Å². The number of aromatic nitrogens is 2. The summed E-state index contributed by atoms with van der Waals surface area (Å²) in [6.45, 7) is 5.85. The van der Waals surface area contributed by atoms with Gasteiger partial charge in [0.05, 0.1) is 0 Å². The maximum absolute atomic E-state index is 4.30. The van der Waals surface area contributed by atoms with Crippen LogP contribution in [0.15, 0.2) is 18.5 Å². The SMILES string of the molecule is CC(C)C1CCCC(Cn2cccn2)C1. The lowest BCUT2D eigenvalue weighted by Crippen LogP contribution is -2.23. The second kappa shape index (κ2) is 4.82. The van der Waals surface area contributed by atoms with Crippen molar-refractivity contribution < 1.29 is 0 Å². The molecule has 1 aromatic heterocycles. The van der Waals surface area contributed by atoms with E-state index in [0.29, 0.717) is 0 Å². The Balaban J connectivity index is 1.88. The average Bonchev–Trinajstić information content (AvgIpc) is 2.71. The maximum Gasteiger partial charge on any atom is 0.0489 e. The molecule has 0 amide bonds. The van der Waals surface area contributed by atoms with E-state index in [9.17, 15) is 0 Å². The summed E-state index contributed by atoms with van der Waals surface area (Å²) in [6.07, 6.45) is 9.60. The minimum Gasteiger partial charge on any atom is -0.272 e. The fraction of sp³-hybridized carbons (Fsp3) is 0.769. The molecule has 84 valence electrons. The average molecular weight is 206 g/mol. The van der Waals surface area contributed by atoms with Gasteiger partial charge in [-0.1, -0.05) is 26.7 Å². The first-order valence-electron chi connectivity index (χ1n) is 6.23. The van der Waals surface area contributed by atoms with Crippen LogP contribution in [-0.4, -0.2) is 9.78 Å². The minimum atomic E-state index is 0.852. The van der Waals surface area contributed by atoms with E-state index in [1.807, 2.05) is 12.3 Å². The lowest BCUT2D eigenvalue weighted by atomic mass is 9.76. The molecule has 2 unspecified atom stereocenters. The molecule has 0 aliphatic heterocycles. The molecule has 1 aromatic rings. The van der Waals surface area contributed by atoms with E-state index in [1.165, 1.54) is 25.7 Å². The Hall–Kier alpha value is -0.790. The highest BCUT2D eigenvalue weighted by Gasteiger charge is 2.24. The fourth-order valence-corrected chi connectivity index (χ4v) is 2.78. The van der Waals surface area contributed by atoms with Gasteiger partial charge in [-0.3, -0.25) is 4.68 Å². The first-order valence-corrected chi connectivity index (χ1v) is 6.23. The molecule has 1 aliphatic carbocycles. The fourth-order valence-electron chi connectivity index (χ4n) is 2.78. The summed E-state index contributed by atoms with van der Waals surface area (Å²) in [7, 11) is 0. The molecule has 0 N–H and O–H groups in total. The Morgan fingerprint density at radius 2 is 2.27 bits per heavy atom. The largest absolute Gasteiger partial charge is 0.272 e. The second-order valence-corrected chi connectivity index (χ2v) is 5.26. The van der Waals surface area contributed by atoms with E-state index < -0.39 is 0 Å². The zero-order valence-corrected chi connectivity index (χ0v) is 9.89. The molecule has 1 heterocycles. The van der Waals surface area contributed by atoms with Gasteiger partial charge in [0.1, 0.15) is 0 Å². The van der Waals surface area contributed by atoms with E-state index in [0.717, 1.165) is 24.3 Å². The molecular weight excluding hydrogens is 184 g/mol. The highest BCUT2D eigenvalue weighted by Crippen LogP contribution is 2.34. The van der Waals surface area contributed by atoms with Crippen molar-refractivity contribution in [1.29, 1.82) is 0 Å². The zero-order valence-electron chi connectivity index (χ0n) is 9.89. The van der Waals surface area contributed by atoms with Crippen molar-refractivity contribution in [3.05, 3.63) is 18.5 Å². The number of hydrogen-bond acceptors (Lipinski definition) is 1. The van der Waals surface area contributed by atoms with Gasteiger partial charge in [0.15, 0.2) is 0 Å². The van der Waals surface area contributed by atoms with Crippen LogP contribution in [0.5, 0.6) is 0 Å². The summed E-state index contributed by atoms with van der Waals surface area (Å²) < 4.78 is 2.09. The molecule has 0 aromatic carbocycles. The zero-order chi connectivity index (χ0) is 10.7. The summed E-state index contributed by atoms with van der Waals surface area (Å²) in [5.41, 5.74) is 0. The second-order valence-electron chi connectivity index (χ2n) is 5.26. The van der Waals surface area contributed by atoms with Crippen LogP contribution < -0.4 is 0 Å². The van der Waals surface area contributed by atoms with E-state index in [-0.39, 0.29) is 0 Å². The quantitative estimate of drug-likeness (QED) is 0.741. The van der Waals surface area contributed by atoms with Crippen LogP contribution in [-0.2, 0) is 6.54 Å². The summed E-state index contributed by atoms with van der Waals surface area (Å²) in [6, 6.07) is 2.02. The molecular formula is C13H22N2. The predicted molar refractivity (Wildman–Crippen MR) is 62.5 cm³/mol. The van der Waals surface area contributed by atoms with Gasteiger partial charge in [0.25, 0.3) is 0 Å². The van der Waals surface area contributed by atoms with Crippen LogP contribution in [0.1, 0.15) is 39.5 Å². The van der Waals surface area contributed by atoms with Crippen LogP contribution in [0.25, 0.3) is 0 Å². The molecule has 1 saturated carbocycles. The van der Waals surface area contributed by atoms with Gasteiger partial charge in [-0.25, -0.2) is 0 Å². The monoisotopic (exact) mass is 206 g/mol. The summed E-state index contributed by atoms with van der Waals surface area (Å²) in [5, 5.41) is 4.30. The number of nitrogens with zero attached hydrogens (tertiary/aromatic N) is 2. The number of rotatable bonds is 3. The lowest BCUT2D eigenvalue weighted by Gasteiger charge is -2.31. The molecule has 2 rings (SSSR count). The molecule has 2 nitrogen and oxygen atoms in total. The van der Waals surface area contributed by atoms with Crippen molar-refractivity contribution >= 4 is 0 Å². The predicted octanol–water partition coefficient (Wildman–Crippen LogP) is 3.35. The van der Waals surface area contributed by atoms with Gasteiger partial charge in [-0.05, 0) is 36.7 Å². The Labute approximate surface area is 92.7 Å². The Morgan fingerprint density at radius 1 is 1.40 bits per heavy atom. The molecule has 0 bridgehead atoms. The minimum absolute atomic E-state index is 0.852. The van der Waals surface area contributed by atoms with Crippen LogP contribution in [0, 0.1) is 17.8 Å². The van der Waals surface area contributed by atoms with Crippen molar-refractivity contribution in [2.24, 2.45) is 17.8 Å². The molecule has 0 spiro atoms. The normalized spacial score (nSPS) is 27.1. The topological polar surface area (TPSA) is 17.8 Å². The van der Waals surface area contributed by atoms with Gasteiger partial charge in [-0.15, -0.1) is 0 Å². The molecule has 0 radical (unpaired) electrons. The van der Waals surface area contributed by atoms with Crippen LogP contribution >= 0.6 is 0 Å². The van der Waals surface area contributed by atoms with Crippen molar-refractivity contribution in [2.45, 2.75) is 46.1 Å².